The zero-order valence-electron chi connectivity index (χ0n) is 9.27. The molecule has 2 heterocycles. The molecule has 1 unspecified atom stereocenters. The highest BCUT2D eigenvalue weighted by Crippen LogP contribution is 2.32. The second kappa shape index (κ2) is 5.97. The lowest BCUT2D eigenvalue weighted by Gasteiger charge is -2.13. The van der Waals surface area contributed by atoms with Gasteiger partial charge in [-0.2, -0.15) is 0 Å². The van der Waals surface area contributed by atoms with Gasteiger partial charge >= 0.3 is 0 Å². The molecule has 17 heavy (non-hydrogen) atoms. The monoisotopic (exact) mass is 332 g/mol. The molecule has 0 bridgehead atoms. The van der Waals surface area contributed by atoms with Gasteiger partial charge in [-0.05, 0) is 33.4 Å². The summed E-state index contributed by atoms with van der Waals surface area (Å²) in [5, 5.41) is 4.06. The summed E-state index contributed by atoms with van der Waals surface area (Å²) in [7, 11) is 1.67. The third kappa shape index (κ3) is 3.08. The van der Waals surface area contributed by atoms with Gasteiger partial charge in [0.15, 0.2) is 0 Å². The Labute approximate surface area is 117 Å². The van der Waals surface area contributed by atoms with Crippen LogP contribution in [0.15, 0.2) is 27.4 Å². The van der Waals surface area contributed by atoms with Gasteiger partial charge in [0.05, 0.1) is 13.2 Å². The minimum atomic E-state index is 0.124. The largest absolute Gasteiger partial charge is 0.496 e. The standard InChI is InChI=1S/C11H13BrN2OS2/c1-15-7-4-11(17-6-7)9(14-13)5-10-8(12)2-3-16-10/h2-4,6,9,14H,5,13H2,1H3. The number of hydrogen-bond donors (Lipinski definition) is 2. The van der Waals surface area contributed by atoms with Crippen LogP contribution in [0, 0.1) is 0 Å². The number of hydrazine groups is 1. The highest BCUT2D eigenvalue weighted by atomic mass is 79.9. The van der Waals surface area contributed by atoms with Crippen molar-refractivity contribution in [2.45, 2.75) is 12.5 Å². The molecule has 3 nitrogen and oxygen atoms in total. The number of ether oxygens (including phenoxy) is 1. The van der Waals surface area contributed by atoms with Crippen LogP contribution < -0.4 is 16.0 Å². The van der Waals surface area contributed by atoms with E-state index in [4.69, 9.17) is 10.6 Å². The molecule has 0 aliphatic heterocycles. The Bertz CT molecular complexity index is 483. The Morgan fingerprint density at radius 3 is 2.88 bits per heavy atom. The van der Waals surface area contributed by atoms with E-state index in [0.717, 1.165) is 16.6 Å². The van der Waals surface area contributed by atoms with E-state index in [2.05, 4.69) is 32.8 Å². The molecule has 92 valence electrons. The van der Waals surface area contributed by atoms with Gasteiger partial charge in [0.25, 0.3) is 0 Å². The minimum absolute atomic E-state index is 0.124. The van der Waals surface area contributed by atoms with E-state index in [1.807, 2.05) is 11.4 Å². The molecule has 0 amide bonds. The van der Waals surface area contributed by atoms with Crippen molar-refractivity contribution in [3.63, 3.8) is 0 Å². The summed E-state index contributed by atoms with van der Waals surface area (Å²) in [6, 6.07) is 4.21. The van der Waals surface area contributed by atoms with Gasteiger partial charge in [-0.25, -0.2) is 0 Å². The number of methoxy groups -OCH3 is 1. The van der Waals surface area contributed by atoms with Gasteiger partial charge in [-0.15, -0.1) is 22.7 Å². The first-order chi connectivity index (χ1) is 8.24. The predicted molar refractivity (Wildman–Crippen MR) is 76.7 cm³/mol. The number of hydrogen-bond acceptors (Lipinski definition) is 5. The first-order valence-corrected chi connectivity index (χ1v) is 7.60. The van der Waals surface area contributed by atoms with Crippen LogP contribution in [0.2, 0.25) is 0 Å². The maximum Gasteiger partial charge on any atom is 0.129 e. The van der Waals surface area contributed by atoms with Gasteiger partial charge in [-0.1, -0.05) is 0 Å². The van der Waals surface area contributed by atoms with Crippen molar-refractivity contribution < 1.29 is 4.74 Å². The summed E-state index contributed by atoms with van der Waals surface area (Å²) in [4.78, 5) is 2.48. The molecular weight excluding hydrogens is 320 g/mol. The van der Waals surface area contributed by atoms with Crippen LogP contribution in [-0.4, -0.2) is 7.11 Å². The average Bonchev–Trinajstić information content (AvgIpc) is 2.95. The van der Waals surface area contributed by atoms with Crippen LogP contribution >= 0.6 is 38.6 Å². The van der Waals surface area contributed by atoms with Crippen molar-refractivity contribution in [3.8, 4) is 5.75 Å². The van der Waals surface area contributed by atoms with E-state index in [1.54, 1.807) is 29.8 Å². The van der Waals surface area contributed by atoms with Crippen LogP contribution in [-0.2, 0) is 6.42 Å². The van der Waals surface area contributed by atoms with Crippen molar-refractivity contribution in [2.24, 2.45) is 5.84 Å². The summed E-state index contributed by atoms with van der Waals surface area (Å²) in [5.74, 6) is 6.51. The maximum atomic E-state index is 5.63. The quantitative estimate of drug-likeness (QED) is 0.652. The van der Waals surface area contributed by atoms with E-state index in [-0.39, 0.29) is 6.04 Å². The summed E-state index contributed by atoms with van der Waals surface area (Å²) >= 11 is 6.92. The molecule has 2 aromatic rings. The molecule has 0 spiro atoms. The summed E-state index contributed by atoms with van der Waals surface area (Å²) in [6.07, 6.45) is 0.873. The van der Waals surface area contributed by atoms with Crippen LogP contribution in [0.25, 0.3) is 0 Å². The Balaban J connectivity index is 2.14. The lowest BCUT2D eigenvalue weighted by Crippen LogP contribution is -2.28. The van der Waals surface area contributed by atoms with E-state index >= 15 is 0 Å². The summed E-state index contributed by atoms with van der Waals surface area (Å²) in [6.45, 7) is 0. The molecule has 1 atom stereocenters. The van der Waals surface area contributed by atoms with E-state index < -0.39 is 0 Å². The lowest BCUT2D eigenvalue weighted by atomic mass is 10.1. The molecule has 0 saturated heterocycles. The number of nitrogens with one attached hydrogen (secondary N) is 1. The topological polar surface area (TPSA) is 47.3 Å². The van der Waals surface area contributed by atoms with Crippen LogP contribution in [0.5, 0.6) is 5.75 Å². The van der Waals surface area contributed by atoms with Crippen molar-refractivity contribution in [3.05, 3.63) is 37.1 Å². The van der Waals surface area contributed by atoms with Crippen LogP contribution in [0.3, 0.4) is 0 Å². The molecule has 0 aliphatic carbocycles. The Hall–Kier alpha value is -0.400. The first-order valence-electron chi connectivity index (χ1n) is 5.05. The maximum absolute atomic E-state index is 5.63. The smallest absolute Gasteiger partial charge is 0.129 e. The zero-order valence-corrected chi connectivity index (χ0v) is 12.5. The highest BCUT2D eigenvalue weighted by Gasteiger charge is 2.15. The molecule has 0 aromatic carbocycles. The fraction of sp³-hybridized carbons (Fsp3) is 0.273. The number of halogens is 1. The normalized spacial score (nSPS) is 12.6. The zero-order chi connectivity index (χ0) is 12.3. The number of thiophene rings is 2. The highest BCUT2D eigenvalue weighted by molar-refractivity contribution is 9.10. The first kappa shape index (κ1) is 13.0. The molecule has 0 aliphatic rings. The Morgan fingerprint density at radius 2 is 2.35 bits per heavy atom. The van der Waals surface area contributed by atoms with Crippen LogP contribution in [0.1, 0.15) is 15.8 Å². The van der Waals surface area contributed by atoms with Crippen molar-refractivity contribution in [1.29, 1.82) is 0 Å². The predicted octanol–water partition coefficient (Wildman–Crippen LogP) is 3.33. The van der Waals surface area contributed by atoms with Gasteiger partial charge in [0.2, 0.25) is 0 Å². The average molecular weight is 333 g/mol. The van der Waals surface area contributed by atoms with E-state index in [0.29, 0.717) is 0 Å². The van der Waals surface area contributed by atoms with Gasteiger partial charge in [-0.3, -0.25) is 11.3 Å². The second-order valence-electron chi connectivity index (χ2n) is 3.50. The molecule has 2 rings (SSSR count). The molecular formula is C11H13BrN2OS2. The van der Waals surface area contributed by atoms with E-state index in [1.165, 1.54) is 9.75 Å². The molecule has 0 radical (unpaired) electrons. The summed E-state index contributed by atoms with van der Waals surface area (Å²) < 4.78 is 6.33. The minimum Gasteiger partial charge on any atom is -0.496 e. The van der Waals surface area contributed by atoms with Gasteiger partial charge < -0.3 is 4.74 Å². The SMILES string of the molecule is COc1csc(C(Cc2sccc2Br)NN)c1. The Kier molecular flexibility index (Phi) is 4.58. The Morgan fingerprint density at radius 1 is 1.53 bits per heavy atom. The lowest BCUT2D eigenvalue weighted by molar-refractivity contribution is 0.415. The molecule has 0 saturated carbocycles. The second-order valence-corrected chi connectivity index (χ2v) is 6.30. The number of nitrogens with two attached hydrogens (primary N) is 1. The van der Waals surface area contributed by atoms with Gasteiger partial charge in [0, 0.05) is 26.0 Å². The molecule has 2 aromatic heterocycles. The number of rotatable bonds is 5. The molecule has 0 fully saturated rings. The third-order valence-electron chi connectivity index (χ3n) is 2.46. The van der Waals surface area contributed by atoms with Crippen LogP contribution in [0.4, 0.5) is 0 Å². The fourth-order valence-corrected chi connectivity index (χ4v) is 4.00. The van der Waals surface area contributed by atoms with Crippen molar-refractivity contribution in [1.82, 2.24) is 5.43 Å². The van der Waals surface area contributed by atoms with Crippen molar-refractivity contribution >= 4 is 38.6 Å². The summed E-state index contributed by atoms with van der Waals surface area (Å²) in [5.41, 5.74) is 2.86. The fourth-order valence-electron chi connectivity index (χ4n) is 1.52. The van der Waals surface area contributed by atoms with Crippen molar-refractivity contribution in [2.75, 3.05) is 7.11 Å². The van der Waals surface area contributed by atoms with Gasteiger partial charge in [0.1, 0.15) is 5.75 Å². The molecule has 3 N–H and O–H groups in total. The van der Waals surface area contributed by atoms with E-state index in [9.17, 15) is 0 Å². The third-order valence-corrected chi connectivity index (χ3v) is 5.43. The molecule has 6 heteroatoms.